The summed E-state index contributed by atoms with van der Waals surface area (Å²) in [5.74, 6) is 2.36. The van der Waals surface area contributed by atoms with Gasteiger partial charge in [0.15, 0.2) is 0 Å². The molecule has 9 heteroatoms. The molecule has 2 rings (SSSR count). The summed E-state index contributed by atoms with van der Waals surface area (Å²) in [6.45, 7) is 8.70. The Morgan fingerprint density at radius 1 is 1.30 bits per heavy atom. The van der Waals surface area contributed by atoms with Crippen LogP contribution in [0, 0.1) is 12.8 Å². The van der Waals surface area contributed by atoms with Gasteiger partial charge in [-0.25, -0.2) is 4.68 Å². The number of nitrogens with one attached hydrogen (secondary N) is 1. The summed E-state index contributed by atoms with van der Waals surface area (Å²) in [5.41, 5.74) is 0. The van der Waals surface area contributed by atoms with E-state index in [0.29, 0.717) is 23.5 Å². The quantitative estimate of drug-likeness (QED) is 0.567. The second kappa shape index (κ2) is 7.34. The van der Waals surface area contributed by atoms with Crippen molar-refractivity contribution in [2.75, 3.05) is 13.1 Å². The summed E-state index contributed by atoms with van der Waals surface area (Å²) in [4.78, 5) is 0. The van der Waals surface area contributed by atoms with E-state index >= 15 is 0 Å². The monoisotopic (exact) mass is 297 g/mol. The third kappa shape index (κ3) is 4.57. The molecular formula is C11H19N7OS. The van der Waals surface area contributed by atoms with E-state index in [1.54, 1.807) is 11.6 Å². The highest BCUT2D eigenvalue weighted by molar-refractivity contribution is 7.98. The molecule has 1 N–H and O–H groups in total. The highest BCUT2D eigenvalue weighted by atomic mass is 32.2. The van der Waals surface area contributed by atoms with Crippen LogP contribution in [0.15, 0.2) is 9.57 Å². The van der Waals surface area contributed by atoms with E-state index in [2.05, 4.69) is 44.9 Å². The van der Waals surface area contributed by atoms with Crippen LogP contribution in [0.25, 0.3) is 0 Å². The normalized spacial score (nSPS) is 11.4. The van der Waals surface area contributed by atoms with Gasteiger partial charge in [0.25, 0.3) is 0 Å². The van der Waals surface area contributed by atoms with Crippen LogP contribution in [0.5, 0.6) is 0 Å². The average Bonchev–Trinajstić information content (AvgIpc) is 3.01. The largest absolute Gasteiger partial charge is 0.425 e. The predicted molar refractivity (Wildman–Crippen MR) is 74.1 cm³/mol. The zero-order chi connectivity index (χ0) is 14.4. The van der Waals surface area contributed by atoms with Gasteiger partial charge in [0.1, 0.15) is 0 Å². The topological polar surface area (TPSA) is 94.5 Å². The van der Waals surface area contributed by atoms with Crippen molar-refractivity contribution < 1.29 is 4.42 Å². The van der Waals surface area contributed by atoms with Crippen LogP contribution in [0.2, 0.25) is 0 Å². The molecule has 0 aliphatic heterocycles. The molecule has 0 saturated carbocycles. The molecule has 0 aliphatic carbocycles. The van der Waals surface area contributed by atoms with Crippen molar-refractivity contribution in [3.63, 3.8) is 0 Å². The maximum Gasteiger partial charge on any atom is 0.226 e. The molecule has 0 fully saturated rings. The first kappa shape index (κ1) is 14.9. The highest BCUT2D eigenvalue weighted by Crippen LogP contribution is 2.18. The summed E-state index contributed by atoms with van der Waals surface area (Å²) < 4.78 is 7.09. The van der Waals surface area contributed by atoms with Gasteiger partial charge in [-0.1, -0.05) is 25.6 Å². The first-order valence-electron chi connectivity index (χ1n) is 6.54. The van der Waals surface area contributed by atoms with E-state index in [1.165, 1.54) is 11.8 Å². The van der Waals surface area contributed by atoms with Crippen molar-refractivity contribution in [1.29, 1.82) is 0 Å². The van der Waals surface area contributed by atoms with Crippen LogP contribution in [0.4, 0.5) is 0 Å². The number of nitrogens with zero attached hydrogens (tertiary/aromatic N) is 6. The number of hydrogen-bond acceptors (Lipinski definition) is 8. The fourth-order valence-corrected chi connectivity index (χ4v) is 2.28. The first-order chi connectivity index (χ1) is 9.65. The number of aryl methyl sites for hydroxylation is 1. The summed E-state index contributed by atoms with van der Waals surface area (Å²) in [5, 5.41) is 23.5. The van der Waals surface area contributed by atoms with E-state index < -0.39 is 0 Å². The molecule has 0 bridgehead atoms. The molecule has 0 saturated heterocycles. The van der Waals surface area contributed by atoms with Crippen LogP contribution in [0.3, 0.4) is 0 Å². The Balaban J connectivity index is 1.79. The molecule has 0 spiro atoms. The van der Waals surface area contributed by atoms with E-state index in [0.717, 1.165) is 24.8 Å². The Morgan fingerprint density at radius 2 is 2.15 bits per heavy atom. The highest BCUT2D eigenvalue weighted by Gasteiger charge is 2.09. The molecule has 2 heterocycles. The van der Waals surface area contributed by atoms with E-state index in [-0.39, 0.29) is 0 Å². The van der Waals surface area contributed by atoms with Crippen molar-refractivity contribution in [2.24, 2.45) is 5.92 Å². The van der Waals surface area contributed by atoms with E-state index in [1.807, 2.05) is 0 Å². The van der Waals surface area contributed by atoms with Crippen molar-refractivity contribution in [1.82, 2.24) is 35.7 Å². The number of thioether (sulfide) groups is 1. The van der Waals surface area contributed by atoms with Crippen molar-refractivity contribution in [3.8, 4) is 0 Å². The van der Waals surface area contributed by atoms with Gasteiger partial charge in [0.2, 0.25) is 16.9 Å². The van der Waals surface area contributed by atoms with Crippen LogP contribution < -0.4 is 5.32 Å². The molecule has 0 amide bonds. The van der Waals surface area contributed by atoms with Gasteiger partial charge in [0, 0.05) is 13.5 Å². The molecule has 0 aromatic carbocycles. The molecule has 2 aromatic heterocycles. The molecule has 0 unspecified atom stereocenters. The summed E-state index contributed by atoms with van der Waals surface area (Å²) in [6, 6.07) is 0. The smallest absolute Gasteiger partial charge is 0.226 e. The Hall–Kier alpha value is -1.48. The van der Waals surface area contributed by atoms with Gasteiger partial charge in [-0.3, -0.25) is 0 Å². The van der Waals surface area contributed by atoms with Crippen molar-refractivity contribution in [3.05, 3.63) is 11.8 Å². The lowest BCUT2D eigenvalue weighted by Gasteiger charge is -2.07. The molecule has 110 valence electrons. The molecule has 0 aliphatic rings. The average molecular weight is 297 g/mol. The molecule has 8 nitrogen and oxygen atoms in total. The maximum atomic E-state index is 5.31. The Labute approximate surface area is 121 Å². The zero-order valence-electron chi connectivity index (χ0n) is 11.9. The second-order valence-corrected chi connectivity index (χ2v) is 5.73. The fraction of sp³-hybridized carbons (Fsp3) is 0.727. The van der Waals surface area contributed by atoms with E-state index in [4.69, 9.17) is 4.42 Å². The van der Waals surface area contributed by atoms with Crippen LogP contribution in [0.1, 0.15) is 25.6 Å². The summed E-state index contributed by atoms with van der Waals surface area (Å²) in [6.07, 6.45) is 0. The standard InChI is InChI=1S/C11H19N7OS/c1-8(2)6-12-4-5-18-11(15-16-17-18)20-7-10-14-13-9(3)19-10/h8,12H,4-7H2,1-3H3. The molecule has 20 heavy (non-hydrogen) atoms. The number of tetrazole rings is 1. The van der Waals surface area contributed by atoms with Crippen LogP contribution >= 0.6 is 11.8 Å². The minimum Gasteiger partial charge on any atom is -0.425 e. The van der Waals surface area contributed by atoms with Gasteiger partial charge < -0.3 is 9.73 Å². The minimum absolute atomic E-state index is 0.568. The van der Waals surface area contributed by atoms with Gasteiger partial charge in [0.05, 0.1) is 12.3 Å². The minimum atomic E-state index is 0.568. The third-order valence-electron chi connectivity index (χ3n) is 2.44. The maximum absolute atomic E-state index is 5.31. The van der Waals surface area contributed by atoms with Gasteiger partial charge in [-0.15, -0.1) is 15.3 Å². The lowest BCUT2D eigenvalue weighted by molar-refractivity contribution is 0.478. The number of hydrogen-bond donors (Lipinski definition) is 1. The summed E-state index contributed by atoms with van der Waals surface area (Å²) in [7, 11) is 0. The molecular weight excluding hydrogens is 278 g/mol. The van der Waals surface area contributed by atoms with Crippen LogP contribution in [-0.2, 0) is 12.3 Å². The number of aromatic nitrogens is 6. The fourth-order valence-electron chi connectivity index (χ4n) is 1.54. The van der Waals surface area contributed by atoms with Crippen LogP contribution in [-0.4, -0.2) is 43.5 Å². The van der Waals surface area contributed by atoms with Gasteiger partial charge in [-0.2, -0.15) is 0 Å². The lowest BCUT2D eigenvalue weighted by atomic mass is 10.2. The SMILES string of the molecule is Cc1nnc(CSc2nnnn2CCNCC(C)C)o1. The lowest BCUT2D eigenvalue weighted by Crippen LogP contribution is -2.24. The summed E-state index contributed by atoms with van der Waals surface area (Å²) >= 11 is 1.49. The van der Waals surface area contributed by atoms with Gasteiger partial charge in [-0.05, 0) is 22.9 Å². The Bertz CT molecular complexity index is 524. The predicted octanol–water partition coefficient (Wildman–Crippen LogP) is 0.902. The Morgan fingerprint density at radius 3 is 2.85 bits per heavy atom. The van der Waals surface area contributed by atoms with E-state index in [9.17, 15) is 0 Å². The van der Waals surface area contributed by atoms with Crippen molar-refractivity contribution in [2.45, 2.75) is 38.2 Å². The molecule has 2 aromatic rings. The second-order valence-electron chi connectivity index (χ2n) is 4.79. The Kier molecular flexibility index (Phi) is 5.48. The van der Waals surface area contributed by atoms with Gasteiger partial charge >= 0.3 is 0 Å². The third-order valence-corrected chi connectivity index (χ3v) is 3.39. The van der Waals surface area contributed by atoms with Crippen molar-refractivity contribution >= 4 is 11.8 Å². The number of rotatable bonds is 8. The first-order valence-corrected chi connectivity index (χ1v) is 7.52. The molecule has 0 radical (unpaired) electrons. The zero-order valence-corrected chi connectivity index (χ0v) is 12.7. The molecule has 0 atom stereocenters.